The minimum atomic E-state index is -0.146. The molecule has 0 bridgehead atoms. The number of nitrogens with zero attached hydrogens (tertiary/aromatic N) is 3. The van der Waals surface area contributed by atoms with E-state index in [-0.39, 0.29) is 35.6 Å². The molecule has 3 aromatic rings. The molecular formula is C33H35Cl2N3O3. The highest BCUT2D eigenvalue weighted by molar-refractivity contribution is 6.42. The van der Waals surface area contributed by atoms with Crippen molar-refractivity contribution in [3.8, 4) is 11.1 Å². The van der Waals surface area contributed by atoms with Crippen molar-refractivity contribution in [3.05, 3.63) is 94.0 Å². The van der Waals surface area contributed by atoms with E-state index in [1.807, 2.05) is 88.5 Å². The summed E-state index contributed by atoms with van der Waals surface area (Å²) in [7, 11) is 1.86. The Kier molecular flexibility index (Phi) is 9.00. The Morgan fingerprint density at radius 3 is 2.15 bits per heavy atom. The van der Waals surface area contributed by atoms with Crippen LogP contribution in [0.4, 0.5) is 0 Å². The summed E-state index contributed by atoms with van der Waals surface area (Å²) in [5, 5.41) is 0.917. The number of likely N-dealkylation sites (N-methyl/N-ethyl adjacent to an activating group) is 1. The predicted octanol–water partition coefficient (Wildman–Crippen LogP) is 6.38. The summed E-state index contributed by atoms with van der Waals surface area (Å²) in [4.78, 5) is 45.1. The van der Waals surface area contributed by atoms with Crippen molar-refractivity contribution in [1.29, 1.82) is 0 Å². The molecule has 8 heteroatoms. The summed E-state index contributed by atoms with van der Waals surface area (Å²) in [5.41, 5.74) is 3.47. The summed E-state index contributed by atoms with van der Waals surface area (Å²) in [6, 6.07) is 23.0. The Morgan fingerprint density at radius 1 is 0.805 bits per heavy atom. The molecule has 0 aliphatic carbocycles. The second kappa shape index (κ2) is 12.7. The number of amides is 3. The van der Waals surface area contributed by atoms with Crippen molar-refractivity contribution in [1.82, 2.24) is 14.7 Å². The zero-order valence-electron chi connectivity index (χ0n) is 23.4. The molecule has 2 atom stereocenters. The van der Waals surface area contributed by atoms with Crippen LogP contribution in [0.2, 0.25) is 10.0 Å². The van der Waals surface area contributed by atoms with Crippen LogP contribution in [0.5, 0.6) is 0 Å². The number of hydrogen-bond donors (Lipinski definition) is 0. The molecule has 0 spiro atoms. The topological polar surface area (TPSA) is 60.9 Å². The number of piperidine rings is 2. The highest BCUT2D eigenvalue weighted by Crippen LogP contribution is 2.36. The summed E-state index contributed by atoms with van der Waals surface area (Å²) in [6.07, 6.45) is 1.98. The zero-order valence-corrected chi connectivity index (χ0v) is 24.9. The van der Waals surface area contributed by atoms with E-state index in [2.05, 4.69) is 0 Å². The van der Waals surface area contributed by atoms with Gasteiger partial charge in [-0.2, -0.15) is 0 Å². The molecule has 2 aliphatic rings. The summed E-state index contributed by atoms with van der Waals surface area (Å²) >= 11 is 12.7. The first-order valence-electron chi connectivity index (χ1n) is 14.2. The van der Waals surface area contributed by atoms with Gasteiger partial charge < -0.3 is 14.7 Å². The molecule has 2 saturated heterocycles. The molecule has 3 amide bonds. The molecule has 6 nitrogen and oxygen atoms in total. The van der Waals surface area contributed by atoms with E-state index in [1.165, 1.54) is 0 Å². The first-order valence-corrected chi connectivity index (χ1v) is 14.9. The molecule has 3 aromatic carbocycles. The maximum Gasteiger partial charge on any atom is 0.254 e. The number of carbonyl (C=O) groups is 3. The van der Waals surface area contributed by atoms with E-state index in [0.29, 0.717) is 61.1 Å². The highest BCUT2D eigenvalue weighted by atomic mass is 35.5. The standard InChI is InChI=1S/C33H35Cl2N3O3/c1-22(39)37-17-14-24(15-18-37)32(40)38-19-16-31(28(21-38)25-12-13-29(34)30(35)20-25)36(2)33(41)27-11-7-6-10-26(27)23-8-4-3-5-9-23/h3-13,20,24,28,31H,14-19,21H2,1-2H3/t28-,31+/m0/s1. The van der Waals surface area contributed by atoms with Gasteiger partial charge in [0.1, 0.15) is 0 Å². The van der Waals surface area contributed by atoms with Gasteiger partial charge >= 0.3 is 0 Å². The van der Waals surface area contributed by atoms with Crippen molar-refractivity contribution in [2.24, 2.45) is 5.92 Å². The normalized spacial score (nSPS) is 19.6. The summed E-state index contributed by atoms with van der Waals surface area (Å²) in [5.74, 6) is -0.125. The lowest BCUT2D eigenvalue weighted by Gasteiger charge is -2.44. The van der Waals surface area contributed by atoms with Crippen molar-refractivity contribution in [2.75, 3.05) is 33.2 Å². The third-order valence-corrected chi connectivity index (χ3v) is 9.35. The van der Waals surface area contributed by atoms with Gasteiger partial charge in [0, 0.05) is 63.6 Å². The van der Waals surface area contributed by atoms with E-state index in [1.54, 1.807) is 13.0 Å². The fourth-order valence-corrected chi connectivity index (χ4v) is 6.56. The van der Waals surface area contributed by atoms with Crippen molar-refractivity contribution in [3.63, 3.8) is 0 Å². The number of rotatable bonds is 5. The fraction of sp³-hybridized carbons (Fsp3) is 0.364. The Labute approximate surface area is 251 Å². The second-order valence-corrected chi connectivity index (χ2v) is 11.8. The van der Waals surface area contributed by atoms with Gasteiger partial charge in [-0.05, 0) is 54.2 Å². The molecule has 2 heterocycles. The van der Waals surface area contributed by atoms with Crippen molar-refractivity contribution in [2.45, 2.75) is 38.1 Å². The van der Waals surface area contributed by atoms with Crippen LogP contribution < -0.4 is 0 Å². The van der Waals surface area contributed by atoms with E-state index in [0.717, 1.165) is 16.7 Å². The van der Waals surface area contributed by atoms with Crippen LogP contribution >= 0.6 is 23.2 Å². The Balaban J connectivity index is 1.40. The smallest absolute Gasteiger partial charge is 0.254 e. The van der Waals surface area contributed by atoms with Gasteiger partial charge in [0.25, 0.3) is 5.91 Å². The third kappa shape index (κ3) is 6.29. The van der Waals surface area contributed by atoms with E-state index < -0.39 is 0 Å². The number of benzene rings is 3. The SMILES string of the molecule is CC(=O)N1CCC(C(=O)N2CC[C@@H](N(C)C(=O)c3ccccc3-c3ccccc3)[C@H](c3ccc(Cl)c(Cl)c3)C2)CC1. The minimum absolute atomic E-state index is 0.0536. The fourth-order valence-electron chi connectivity index (χ4n) is 6.25. The molecule has 0 saturated carbocycles. The van der Waals surface area contributed by atoms with Gasteiger partial charge in [-0.15, -0.1) is 0 Å². The van der Waals surface area contributed by atoms with Gasteiger partial charge in [-0.25, -0.2) is 0 Å². The molecule has 2 aliphatic heterocycles. The van der Waals surface area contributed by atoms with Crippen LogP contribution in [-0.4, -0.2) is 71.7 Å². The quantitative estimate of drug-likeness (QED) is 0.346. The van der Waals surface area contributed by atoms with E-state index in [9.17, 15) is 14.4 Å². The lowest BCUT2D eigenvalue weighted by atomic mass is 9.83. The lowest BCUT2D eigenvalue weighted by Crippen LogP contribution is -2.53. The summed E-state index contributed by atoms with van der Waals surface area (Å²) in [6.45, 7) is 3.83. The van der Waals surface area contributed by atoms with E-state index >= 15 is 0 Å². The minimum Gasteiger partial charge on any atom is -0.343 e. The van der Waals surface area contributed by atoms with Gasteiger partial charge in [0.05, 0.1) is 10.0 Å². The molecule has 0 N–H and O–H groups in total. The van der Waals surface area contributed by atoms with Gasteiger partial charge in [0.15, 0.2) is 0 Å². The molecule has 5 rings (SSSR count). The summed E-state index contributed by atoms with van der Waals surface area (Å²) < 4.78 is 0. The van der Waals surface area contributed by atoms with Crippen molar-refractivity contribution < 1.29 is 14.4 Å². The third-order valence-electron chi connectivity index (χ3n) is 8.61. The van der Waals surface area contributed by atoms with Crippen LogP contribution in [0.15, 0.2) is 72.8 Å². The Hall–Kier alpha value is -3.35. The molecule has 214 valence electrons. The van der Waals surface area contributed by atoms with Crippen LogP contribution in [0.25, 0.3) is 11.1 Å². The molecule has 0 unspecified atom stereocenters. The maximum atomic E-state index is 14.1. The highest BCUT2D eigenvalue weighted by Gasteiger charge is 2.39. The van der Waals surface area contributed by atoms with Crippen molar-refractivity contribution >= 4 is 40.9 Å². The molecule has 0 aromatic heterocycles. The molecular weight excluding hydrogens is 557 g/mol. The first kappa shape index (κ1) is 29.2. The van der Waals surface area contributed by atoms with Gasteiger partial charge in [-0.1, -0.05) is 77.8 Å². The van der Waals surface area contributed by atoms with E-state index in [4.69, 9.17) is 23.2 Å². The molecule has 2 fully saturated rings. The maximum absolute atomic E-state index is 14.1. The lowest BCUT2D eigenvalue weighted by molar-refractivity contribution is -0.141. The van der Waals surface area contributed by atoms with Crippen LogP contribution in [0.1, 0.15) is 48.0 Å². The average Bonchev–Trinajstić information content (AvgIpc) is 3.01. The first-order chi connectivity index (χ1) is 19.7. The van der Waals surface area contributed by atoms with Crippen LogP contribution in [0.3, 0.4) is 0 Å². The Bertz CT molecular complexity index is 1420. The molecule has 41 heavy (non-hydrogen) atoms. The number of halogens is 2. The number of likely N-dealkylation sites (tertiary alicyclic amines) is 2. The Morgan fingerprint density at radius 2 is 1.46 bits per heavy atom. The number of hydrogen-bond acceptors (Lipinski definition) is 3. The monoisotopic (exact) mass is 591 g/mol. The largest absolute Gasteiger partial charge is 0.343 e. The van der Waals surface area contributed by atoms with Crippen LogP contribution in [0, 0.1) is 5.92 Å². The predicted molar refractivity (Wildman–Crippen MR) is 163 cm³/mol. The zero-order chi connectivity index (χ0) is 29.1. The van der Waals surface area contributed by atoms with Gasteiger partial charge in [-0.3, -0.25) is 14.4 Å². The number of carbonyl (C=O) groups excluding carboxylic acids is 3. The van der Waals surface area contributed by atoms with Gasteiger partial charge in [0.2, 0.25) is 11.8 Å². The molecule has 0 radical (unpaired) electrons. The second-order valence-electron chi connectivity index (χ2n) is 11.0. The average molecular weight is 593 g/mol. The van der Waals surface area contributed by atoms with Crippen LogP contribution in [-0.2, 0) is 9.59 Å².